The molecule has 0 fully saturated rings. The Labute approximate surface area is 127 Å². The van der Waals surface area contributed by atoms with E-state index in [-0.39, 0.29) is 6.61 Å². The number of nitrogens with zero attached hydrogens (tertiary/aromatic N) is 2. The molecule has 1 aromatic heterocycles. The highest BCUT2D eigenvalue weighted by Crippen LogP contribution is 2.46. The molecule has 2 heterocycles. The summed E-state index contributed by atoms with van der Waals surface area (Å²) >= 11 is 1.79. The topological polar surface area (TPSA) is 38.0 Å². The molecule has 3 nitrogen and oxygen atoms in total. The first-order chi connectivity index (χ1) is 10.4. The molecule has 0 aliphatic carbocycles. The van der Waals surface area contributed by atoms with E-state index >= 15 is 0 Å². The Morgan fingerprint density at radius 1 is 0.905 bits per heavy atom. The third kappa shape index (κ3) is 2.07. The number of benzene rings is 2. The highest BCUT2D eigenvalue weighted by molar-refractivity contribution is 7.99. The van der Waals surface area contributed by atoms with Crippen LogP contribution in [-0.2, 0) is 6.54 Å². The number of hydrogen-bond donors (Lipinski definition) is 1. The minimum absolute atomic E-state index is 0.0958. The molecule has 0 spiro atoms. The van der Waals surface area contributed by atoms with Crippen molar-refractivity contribution in [1.29, 1.82) is 0 Å². The maximum absolute atomic E-state index is 9.16. The lowest BCUT2D eigenvalue weighted by molar-refractivity contribution is 0.269. The summed E-state index contributed by atoms with van der Waals surface area (Å²) < 4.78 is 1.83. The van der Waals surface area contributed by atoms with Gasteiger partial charge in [0, 0.05) is 27.1 Å². The molecule has 104 valence electrons. The van der Waals surface area contributed by atoms with Gasteiger partial charge in [0.05, 0.1) is 13.2 Å². The zero-order chi connectivity index (χ0) is 14.2. The van der Waals surface area contributed by atoms with E-state index in [0.717, 1.165) is 16.8 Å². The number of rotatable bonds is 2. The lowest BCUT2D eigenvalue weighted by Crippen LogP contribution is -2.02. The first kappa shape index (κ1) is 12.7. The Morgan fingerprint density at radius 2 is 1.57 bits per heavy atom. The van der Waals surface area contributed by atoms with Crippen LogP contribution in [0.2, 0.25) is 0 Å². The molecule has 0 bridgehead atoms. The van der Waals surface area contributed by atoms with E-state index in [1.54, 1.807) is 11.8 Å². The third-order valence-corrected chi connectivity index (χ3v) is 4.78. The second kappa shape index (κ2) is 5.06. The lowest BCUT2D eigenvalue weighted by Gasteiger charge is -2.05. The van der Waals surface area contributed by atoms with E-state index < -0.39 is 0 Å². The molecular weight excluding hydrogens is 280 g/mol. The molecule has 1 N–H and O–H groups in total. The Balaban J connectivity index is 2.02. The summed E-state index contributed by atoms with van der Waals surface area (Å²) in [5.74, 6) is 0. The summed E-state index contributed by atoms with van der Waals surface area (Å²) in [5, 5.41) is 13.8. The first-order valence-corrected chi connectivity index (χ1v) is 7.73. The molecule has 2 aromatic carbocycles. The average molecular weight is 294 g/mol. The monoisotopic (exact) mass is 294 g/mol. The fourth-order valence-corrected chi connectivity index (χ4v) is 3.78. The maximum atomic E-state index is 9.16. The molecule has 0 unspecified atom stereocenters. The largest absolute Gasteiger partial charge is 0.394 e. The van der Waals surface area contributed by atoms with Crippen molar-refractivity contribution in [2.45, 2.75) is 16.3 Å². The van der Waals surface area contributed by atoms with Crippen LogP contribution in [0.25, 0.3) is 22.4 Å². The van der Waals surface area contributed by atoms with Gasteiger partial charge in [0.2, 0.25) is 0 Å². The summed E-state index contributed by atoms with van der Waals surface area (Å²) in [6.07, 6.45) is 2.03. The number of aromatic nitrogens is 2. The smallest absolute Gasteiger partial charge is 0.101 e. The summed E-state index contributed by atoms with van der Waals surface area (Å²) in [6, 6.07) is 16.8. The average Bonchev–Trinajstić information content (AvgIpc) is 2.87. The van der Waals surface area contributed by atoms with Crippen LogP contribution in [-0.4, -0.2) is 21.5 Å². The van der Waals surface area contributed by atoms with E-state index in [0.29, 0.717) is 6.54 Å². The van der Waals surface area contributed by atoms with Gasteiger partial charge < -0.3 is 5.11 Å². The molecule has 4 heteroatoms. The SMILES string of the molecule is OCCn1cc2c(n1)-c1ccccc1Sc1ccccc1-2. The van der Waals surface area contributed by atoms with E-state index in [1.807, 2.05) is 16.9 Å². The molecule has 0 atom stereocenters. The maximum Gasteiger partial charge on any atom is 0.101 e. The van der Waals surface area contributed by atoms with Crippen molar-refractivity contribution in [3.8, 4) is 22.4 Å². The first-order valence-electron chi connectivity index (χ1n) is 6.92. The fourth-order valence-electron chi connectivity index (χ4n) is 2.68. The van der Waals surface area contributed by atoms with E-state index in [1.165, 1.54) is 15.4 Å². The summed E-state index contributed by atoms with van der Waals surface area (Å²) in [6.45, 7) is 0.614. The van der Waals surface area contributed by atoms with E-state index in [4.69, 9.17) is 5.11 Å². The van der Waals surface area contributed by atoms with Crippen LogP contribution in [0, 0.1) is 0 Å². The van der Waals surface area contributed by atoms with Gasteiger partial charge in [-0.15, -0.1) is 0 Å². The Hall–Kier alpha value is -2.04. The zero-order valence-electron chi connectivity index (χ0n) is 11.4. The molecule has 1 aliphatic rings. The number of fused-ring (bicyclic) bond motifs is 5. The number of aliphatic hydroxyl groups is 1. The predicted molar refractivity (Wildman–Crippen MR) is 84.3 cm³/mol. The van der Waals surface area contributed by atoms with Crippen LogP contribution in [0.3, 0.4) is 0 Å². The highest BCUT2D eigenvalue weighted by atomic mass is 32.2. The molecule has 4 rings (SSSR count). The van der Waals surface area contributed by atoms with Gasteiger partial charge in [-0.05, 0) is 17.7 Å². The summed E-state index contributed by atoms with van der Waals surface area (Å²) in [5.41, 5.74) is 4.50. The molecule has 3 aromatic rings. The van der Waals surface area contributed by atoms with Crippen molar-refractivity contribution in [3.63, 3.8) is 0 Å². The van der Waals surface area contributed by atoms with Gasteiger partial charge in [0.15, 0.2) is 0 Å². The highest BCUT2D eigenvalue weighted by Gasteiger charge is 2.22. The second-order valence-corrected chi connectivity index (χ2v) is 6.06. The molecule has 0 radical (unpaired) electrons. The lowest BCUT2D eigenvalue weighted by atomic mass is 10.0. The van der Waals surface area contributed by atoms with Crippen molar-refractivity contribution in [2.75, 3.05) is 6.61 Å². The van der Waals surface area contributed by atoms with Crippen molar-refractivity contribution in [1.82, 2.24) is 9.78 Å². The minimum atomic E-state index is 0.0958. The van der Waals surface area contributed by atoms with Crippen molar-refractivity contribution in [2.24, 2.45) is 0 Å². The van der Waals surface area contributed by atoms with Gasteiger partial charge in [-0.1, -0.05) is 48.2 Å². The fraction of sp³-hybridized carbons (Fsp3) is 0.118. The van der Waals surface area contributed by atoms with Gasteiger partial charge in [0.25, 0.3) is 0 Å². The van der Waals surface area contributed by atoms with Crippen molar-refractivity contribution >= 4 is 11.8 Å². The second-order valence-electron chi connectivity index (χ2n) is 4.97. The number of hydrogen-bond acceptors (Lipinski definition) is 3. The molecular formula is C17H14N2OS. The van der Waals surface area contributed by atoms with Crippen LogP contribution in [0.5, 0.6) is 0 Å². The van der Waals surface area contributed by atoms with Crippen molar-refractivity contribution < 1.29 is 5.11 Å². The van der Waals surface area contributed by atoms with Crippen LogP contribution in [0.15, 0.2) is 64.5 Å². The van der Waals surface area contributed by atoms with Crippen molar-refractivity contribution in [3.05, 3.63) is 54.7 Å². The van der Waals surface area contributed by atoms with Crippen LogP contribution in [0.1, 0.15) is 0 Å². The Kier molecular flexibility index (Phi) is 3.05. The summed E-state index contributed by atoms with van der Waals surface area (Å²) in [7, 11) is 0. The zero-order valence-corrected chi connectivity index (χ0v) is 12.2. The molecule has 1 aliphatic heterocycles. The normalized spacial score (nSPS) is 12.2. The van der Waals surface area contributed by atoms with Crippen LogP contribution >= 0.6 is 11.8 Å². The van der Waals surface area contributed by atoms with E-state index in [2.05, 4.69) is 47.6 Å². The number of aliphatic hydroxyl groups excluding tert-OH is 1. The molecule has 0 amide bonds. The Morgan fingerprint density at radius 3 is 2.33 bits per heavy atom. The summed E-state index contributed by atoms with van der Waals surface area (Å²) in [4.78, 5) is 2.46. The standard InChI is InChI=1S/C17H14N2OS/c20-10-9-19-11-14-12-5-1-3-7-15(12)21-16-8-4-2-6-13(16)17(14)18-19/h1-8,11,20H,9-10H2. The Bertz CT molecular complexity index is 747. The predicted octanol–water partition coefficient (Wildman–Crippen LogP) is 3.67. The van der Waals surface area contributed by atoms with Gasteiger partial charge >= 0.3 is 0 Å². The van der Waals surface area contributed by atoms with Gasteiger partial charge in [0.1, 0.15) is 5.69 Å². The van der Waals surface area contributed by atoms with Gasteiger partial charge in [-0.2, -0.15) is 5.10 Å². The van der Waals surface area contributed by atoms with Crippen LogP contribution < -0.4 is 0 Å². The van der Waals surface area contributed by atoms with Crippen LogP contribution in [0.4, 0.5) is 0 Å². The third-order valence-electron chi connectivity index (χ3n) is 3.63. The molecule has 0 saturated carbocycles. The quantitative estimate of drug-likeness (QED) is 0.613. The molecule has 21 heavy (non-hydrogen) atoms. The molecule has 0 saturated heterocycles. The minimum Gasteiger partial charge on any atom is -0.394 e. The van der Waals surface area contributed by atoms with Gasteiger partial charge in [-0.25, -0.2) is 0 Å². The van der Waals surface area contributed by atoms with E-state index in [9.17, 15) is 0 Å². The van der Waals surface area contributed by atoms with Gasteiger partial charge in [-0.3, -0.25) is 4.68 Å².